The lowest BCUT2D eigenvalue weighted by Gasteiger charge is -2.18. The largest absolute Gasteiger partial charge is 0.493 e. The van der Waals surface area contributed by atoms with Gasteiger partial charge >= 0.3 is 0 Å². The molecular formula is C28H28FN3O2. The summed E-state index contributed by atoms with van der Waals surface area (Å²) in [5, 5.41) is 0. The highest BCUT2D eigenvalue weighted by Crippen LogP contribution is 2.34. The summed E-state index contributed by atoms with van der Waals surface area (Å²) >= 11 is 0. The highest BCUT2D eigenvalue weighted by atomic mass is 19.1. The van der Waals surface area contributed by atoms with Gasteiger partial charge in [0.2, 0.25) is 5.91 Å². The number of hydrogen-bond acceptors (Lipinski definition) is 3. The summed E-state index contributed by atoms with van der Waals surface area (Å²) in [6, 6.07) is 20.6. The molecule has 1 unspecified atom stereocenters. The van der Waals surface area contributed by atoms with E-state index in [0.29, 0.717) is 25.3 Å². The van der Waals surface area contributed by atoms with E-state index in [9.17, 15) is 9.18 Å². The van der Waals surface area contributed by atoms with Gasteiger partial charge in [-0.3, -0.25) is 4.79 Å². The maximum absolute atomic E-state index is 14.4. The molecule has 174 valence electrons. The number of ether oxygens (including phenoxy) is 1. The van der Waals surface area contributed by atoms with Crippen molar-refractivity contribution < 1.29 is 13.9 Å². The quantitative estimate of drug-likeness (QED) is 0.331. The second-order valence-electron chi connectivity index (χ2n) is 8.87. The smallest absolute Gasteiger partial charge is 0.227 e. The first-order valence-corrected chi connectivity index (χ1v) is 11.7. The molecule has 1 saturated heterocycles. The van der Waals surface area contributed by atoms with E-state index in [-0.39, 0.29) is 17.6 Å². The van der Waals surface area contributed by atoms with E-state index >= 15 is 0 Å². The molecule has 0 aliphatic carbocycles. The van der Waals surface area contributed by atoms with Gasteiger partial charge in [0.15, 0.2) is 0 Å². The highest BCUT2D eigenvalue weighted by Gasteiger charge is 2.35. The minimum Gasteiger partial charge on any atom is -0.493 e. The standard InChI is InChI=1S/C28H28FN3O2/c1-19-9-7-14-26(20(19)2)34-16-8-15-31-25-13-6-4-11-23(25)30-28(31)21-17-27(33)32(18-21)24-12-5-3-10-22(24)29/h3-7,9-14,21H,8,15-18H2,1-2H3. The Morgan fingerprint density at radius 2 is 1.82 bits per heavy atom. The van der Waals surface area contributed by atoms with Gasteiger partial charge in [-0.25, -0.2) is 9.37 Å². The number of para-hydroxylation sites is 3. The Hall–Kier alpha value is -3.67. The molecule has 5 nitrogen and oxygen atoms in total. The second-order valence-corrected chi connectivity index (χ2v) is 8.87. The number of anilines is 1. The molecule has 3 aromatic carbocycles. The van der Waals surface area contributed by atoms with Crippen LogP contribution in [0, 0.1) is 19.7 Å². The van der Waals surface area contributed by atoms with E-state index in [1.54, 1.807) is 23.1 Å². The second kappa shape index (κ2) is 9.29. The van der Waals surface area contributed by atoms with Crippen molar-refractivity contribution >= 4 is 22.6 Å². The van der Waals surface area contributed by atoms with Crippen molar-refractivity contribution in [2.75, 3.05) is 18.1 Å². The molecule has 1 aliphatic rings. The Labute approximate surface area is 198 Å². The molecule has 1 aliphatic heterocycles. The van der Waals surface area contributed by atoms with Crippen molar-refractivity contribution in [2.24, 2.45) is 0 Å². The summed E-state index contributed by atoms with van der Waals surface area (Å²) in [7, 11) is 0. The van der Waals surface area contributed by atoms with Crippen molar-refractivity contribution in [2.45, 2.75) is 39.2 Å². The lowest BCUT2D eigenvalue weighted by atomic mass is 10.1. The average molecular weight is 458 g/mol. The number of carbonyl (C=O) groups excluding carboxylic acids is 1. The topological polar surface area (TPSA) is 47.4 Å². The Kier molecular flexibility index (Phi) is 6.05. The highest BCUT2D eigenvalue weighted by molar-refractivity contribution is 5.96. The van der Waals surface area contributed by atoms with E-state index in [2.05, 4.69) is 30.5 Å². The van der Waals surface area contributed by atoms with Crippen LogP contribution in [0.25, 0.3) is 11.0 Å². The van der Waals surface area contributed by atoms with Gasteiger partial charge in [0.1, 0.15) is 17.4 Å². The number of aromatic nitrogens is 2. The van der Waals surface area contributed by atoms with Crippen LogP contribution in [0.1, 0.15) is 35.7 Å². The first kappa shape index (κ1) is 22.1. The number of rotatable bonds is 7. The molecule has 0 saturated carbocycles. The number of benzene rings is 3. The zero-order valence-electron chi connectivity index (χ0n) is 19.5. The van der Waals surface area contributed by atoms with Crippen LogP contribution < -0.4 is 9.64 Å². The molecule has 1 fully saturated rings. The van der Waals surface area contributed by atoms with Gasteiger partial charge < -0.3 is 14.2 Å². The van der Waals surface area contributed by atoms with E-state index in [0.717, 1.165) is 41.1 Å². The van der Waals surface area contributed by atoms with Gasteiger partial charge in [0.05, 0.1) is 23.3 Å². The van der Waals surface area contributed by atoms with E-state index < -0.39 is 0 Å². The zero-order chi connectivity index (χ0) is 23.7. The van der Waals surface area contributed by atoms with Crippen LogP contribution in [-0.2, 0) is 11.3 Å². The normalized spacial score (nSPS) is 15.9. The van der Waals surface area contributed by atoms with Crippen LogP contribution in [0.4, 0.5) is 10.1 Å². The molecule has 1 atom stereocenters. The minimum atomic E-state index is -0.381. The molecule has 0 spiro atoms. The fourth-order valence-corrected chi connectivity index (χ4v) is 4.71. The monoisotopic (exact) mass is 457 g/mol. The zero-order valence-corrected chi connectivity index (χ0v) is 19.5. The van der Waals surface area contributed by atoms with Gasteiger partial charge in [-0.1, -0.05) is 36.4 Å². The number of carbonyl (C=O) groups is 1. The fourth-order valence-electron chi connectivity index (χ4n) is 4.71. The van der Waals surface area contributed by atoms with Crippen LogP contribution in [0.2, 0.25) is 0 Å². The molecule has 2 heterocycles. The molecule has 1 aromatic heterocycles. The summed E-state index contributed by atoms with van der Waals surface area (Å²) < 4.78 is 22.6. The fraction of sp³-hybridized carbons (Fsp3) is 0.286. The van der Waals surface area contributed by atoms with Crippen LogP contribution in [-0.4, -0.2) is 28.6 Å². The van der Waals surface area contributed by atoms with E-state index in [1.807, 2.05) is 30.3 Å². The third kappa shape index (κ3) is 4.16. The number of aryl methyl sites for hydroxylation is 2. The molecule has 4 aromatic rings. The Balaban J connectivity index is 1.36. The third-order valence-corrected chi connectivity index (χ3v) is 6.66. The van der Waals surface area contributed by atoms with Gasteiger partial charge in [-0.05, 0) is 61.7 Å². The van der Waals surface area contributed by atoms with Crippen LogP contribution in [0.5, 0.6) is 5.75 Å². The first-order chi connectivity index (χ1) is 16.5. The maximum atomic E-state index is 14.4. The number of imidazole rings is 1. The SMILES string of the molecule is Cc1cccc(OCCCn2c(C3CC(=O)N(c4ccccc4F)C3)nc3ccccc32)c1C. The number of amides is 1. The Morgan fingerprint density at radius 1 is 1.03 bits per heavy atom. The maximum Gasteiger partial charge on any atom is 0.227 e. The average Bonchev–Trinajstić information content (AvgIpc) is 3.40. The minimum absolute atomic E-state index is 0.0769. The molecule has 0 bridgehead atoms. The Bertz CT molecular complexity index is 1350. The molecular weight excluding hydrogens is 429 g/mol. The first-order valence-electron chi connectivity index (χ1n) is 11.7. The lowest BCUT2D eigenvalue weighted by molar-refractivity contribution is -0.117. The van der Waals surface area contributed by atoms with Crippen molar-refractivity contribution in [3.05, 3.63) is 89.5 Å². The van der Waals surface area contributed by atoms with Gasteiger partial charge in [-0.2, -0.15) is 0 Å². The lowest BCUT2D eigenvalue weighted by Crippen LogP contribution is -2.25. The van der Waals surface area contributed by atoms with Gasteiger partial charge in [-0.15, -0.1) is 0 Å². The molecule has 34 heavy (non-hydrogen) atoms. The van der Waals surface area contributed by atoms with Crippen molar-refractivity contribution in [1.29, 1.82) is 0 Å². The summed E-state index contributed by atoms with van der Waals surface area (Å²) in [5.74, 6) is 1.23. The number of hydrogen-bond donors (Lipinski definition) is 0. The molecule has 1 amide bonds. The summed E-state index contributed by atoms with van der Waals surface area (Å²) in [5.41, 5.74) is 4.66. The van der Waals surface area contributed by atoms with Crippen molar-refractivity contribution in [1.82, 2.24) is 9.55 Å². The van der Waals surface area contributed by atoms with Gasteiger partial charge in [0, 0.05) is 25.4 Å². The van der Waals surface area contributed by atoms with Crippen molar-refractivity contribution in [3.63, 3.8) is 0 Å². The third-order valence-electron chi connectivity index (χ3n) is 6.66. The van der Waals surface area contributed by atoms with Crippen molar-refractivity contribution in [3.8, 4) is 5.75 Å². The number of nitrogens with zero attached hydrogens (tertiary/aromatic N) is 3. The molecule has 0 radical (unpaired) electrons. The van der Waals surface area contributed by atoms with Crippen LogP contribution >= 0.6 is 0 Å². The van der Waals surface area contributed by atoms with Crippen LogP contribution in [0.15, 0.2) is 66.7 Å². The summed E-state index contributed by atoms with van der Waals surface area (Å²) in [6.45, 7) is 5.89. The Morgan fingerprint density at radius 3 is 2.68 bits per heavy atom. The molecule has 0 N–H and O–H groups in total. The van der Waals surface area contributed by atoms with Crippen LogP contribution in [0.3, 0.4) is 0 Å². The number of fused-ring (bicyclic) bond motifs is 1. The predicted octanol–water partition coefficient (Wildman–Crippen LogP) is 5.78. The molecule has 5 rings (SSSR count). The van der Waals surface area contributed by atoms with E-state index in [4.69, 9.17) is 9.72 Å². The summed E-state index contributed by atoms with van der Waals surface area (Å²) in [4.78, 5) is 19.3. The number of halogens is 1. The summed E-state index contributed by atoms with van der Waals surface area (Å²) in [6.07, 6.45) is 1.12. The molecule has 6 heteroatoms. The predicted molar refractivity (Wildman–Crippen MR) is 132 cm³/mol. The van der Waals surface area contributed by atoms with Gasteiger partial charge in [0.25, 0.3) is 0 Å². The van der Waals surface area contributed by atoms with E-state index in [1.165, 1.54) is 11.6 Å².